The largest absolute Gasteiger partial charge is 0.449 e. The van der Waals surface area contributed by atoms with Gasteiger partial charge in [-0.1, -0.05) is 18.2 Å². The normalized spacial score (nSPS) is 11.6. The van der Waals surface area contributed by atoms with E-state index in [2.05, 4.69) is 5.32 Å². The highest BCUT2D eigenvalue weighted by atomic mass is 32.2. The number of nitrogens with two attached hydrogens (primary N) is 1. The van der Waals surface area contributed by atoms with Gasteiger partial charge in [0.25, 0.3) is 5.91 Å². The van der Waals surface area contributed by atoms with Gasteiger partial charge in [0.15, 0.2) is 6.10 Å². The van der Waals surface area contributed by atoms with E-state index in [0.717, 1.165) is 10.5 Å². The lowest BCUT2D eigenvalue weighted by atomic mass is 10.1. The van der Waals surface area contributed by atoms with Gasteiger partial charge < -0.3 is 15.8 Å². The number of benzene rings is 2. The monoisotopic (exact) mass is 344 g/mol. The summed E-state index contributed by atoms with van der Waals surface area (Å²) >= 11 is 1.53. The van der Waals surface area contributed by atoms with Gasteiger partial charge in [-0.2, -0.15) is 0 Å². The lowest BCUT2D eigenvalue weighted by Crippen LogP contribution is -2.30. The highest BCUT2D eigenvalue weighted by Gasteiger charge is 2.20. The van der Waals surface area contributed by atoms with Gasteiger partial charge in [-0.3, -0.25) is 4.79 Å². The Balaban J connectivity index is 2.03. The first-order valence-corrected chi connectivity index (χ1v) is 8.66. The predicted molar refractivity (Wildman–Crippen MR) is 97.3 cm³/mol. The number of anilines is 2. The van der Waals surface area contributed by atoms with Gasteiger partial charge in [-0.05, 0) is 49.9 Å². The molecule has 0 radical (unpaired) electrons. The summed E-state index contributed by atoms with van der Waals surface area (Å²) in [6, 6.07) is 12.4. The smallest absolute Gasteiger partial charge is 0.338 e. The molecule has 0 aliphatic carbocycles. The summed E-state index contributed by atoms with van der Waals surface area (Å²) in [6.45, 7) is 3.39. The van der Waals surface area contributed by atoms with Crippen LogP contribution in [0.15, 0.2) is 47.4 Å². The van der Waals surface area contributed by atoms with Gasteiger partial charge in [0.05, 0.1) is 11.3 Å². The van der Waals surface area contributed by atoms with E-state index in [1.165, 1.54) is 18.7 Å². The molecule has 2 aromatic carbocycles. The van der Waals surface area contributed by atoms with Gasteiger partial charge in [0.2, 0.25) is 0 Å². The number of carbonyl (C=O) groups excluding carboxylic acids is 2. The third-order valence-corrected chi connectivity index (χ3v) is 4.33. The molecule has 24 heavy (non-hydrogen) atoms. The van der Waals surface area contributed by atoms with Gasteiger partial charge in [-0.25, -0.2) is 4.79 Å². The average Bonchev–Trinajstić information content (AvgIpc) is 2.57. The van der Waals surface area contributed by atoms with Crippen LogP contribution in [-0.4, -0.2) is 24.2 Å². The Bertz CT molecular complexity index is 762. The maximum Gasteiger partial charge on any atom is 0.338 e. The summed E-state index contributed by atoms with van der Waals surface area (Å²) in [7, 11) is 0. The van der Waals surface area contributed by atoms with E-state index < -0.39 is 12.1 Å². The Morgan fingerprint density at radius 2 is 1.92 bits per heavy atom. The fourth-order valence-electron chi connectivity index (χ4n) is 2.03. The fourth-order valence-corrected chi connectivity index (χ4v) is 2.59. The molecule has 0 aliphatic heterocycles. The van der Waals surface area contributed by atoms with Crippen molar-refractivity contribution in [2.45, 2.75) is 24.8 Å². The van der Waals surface area contributed by atoms with Crippen molar-refractivity contribution in [1.29, 1.82) is 0 Å². The molecule has 6 heteroatoms. The van der Waals surface area contributed by atoms with Gasteiger partial charge in [0, 0.05) is 10.6 Å². The number of rotatable bonds is 5. The molecular formula is C18H20N2O3S. The molecule has 0 aliphatic rings. The summed E-state index contributed by atoms with van der Waals surface area (Å²) < 4.78 is 5.23. The highest BCUT2D eigenvalue weighted by molar-refractivity contribution is 7.98. The average molecular weight is 344 g/mol. The number of hydrogen-bond acceptors (Lipinski definition) is 5. The number of thioether (sulfide) groups is 1. The molecule has 1 atom stereocenters. The number of nitrogens with one attached hydrogen (secondary N) is 1. The predicted octanol–water partition coefficient (Wildman–Crippen LogP) is 3.48. The molecule has 0 aromatic heterocycles. The van der Waals surface area contributed by atoms with Gasteiger partial charge >= 0.3 is 5.97 Å². The SMILES string of the molecule is CSc1ccccc1NC(=O)[C@H](C)OC(=O)c1ccc(C)c(N)c1. The maximum atomic E-state index is 12.2. The molecule has 2 rings (SSSR count). The number of carbonyl (C=O) groups is 2. The first-order chi connectivity index (χ1) is 11.4. The summed E-state index contributed by atoms with van der Waals surface area (Å²) in [4.78, 5) is 25.3. The molecule has 0 saturated carbocycles. The molecule has 126 valence electrons. The molecule has 5 nitrogen and oxygen atoms in total. The van der Waals surface area contributed by atoms with Crippen molar-refractivity contribution >= 4 is 35.0 Å². The van der Waals surface area contributed by atoms with Gasteiger partial charge in [-0.15, -0.1) is 11.8 Å². The molecule has 1 amide bonds. The second kappa shape index (κ2) is 7.88. The number of aryl methyl sites for hydroxylation is 1. The van der Waals surface area contributed by atoms with Crippen LogP contribution in [0, 0.1) is 6.92 Å². The standard InChI is InChI=1S/C18H20N2O3S/c1-11-8-9-13(10-14(11)19)18(22)23-12(2)17(21)20-15-6-4-5-7-16(15)24-3/h4-10,12H,19H2,1-3H3,(H,20,21)/t12-/m0/s1. The van der Waals surface area contributed by atoms with E-state index in [0.29, 0.717) is 16.9 Å². The van der Waals surface area contributed by atoms with Crippen LogP contribution in [0.2, 0.25) is 0 Å². The zero-order valence-electron chi connectivity index (χ0n) is 13.8. The van der Waals surface area contributed by atoms with Crippen LogP contribution in [0.25, 0.3) is 0 Å². The summed E-state index contributed by atoms with van der Waals surface area (Å²) in [6.07, 6.45) is 1.01. The summed E-state index contributed by atoms with van der Waals surface area (Å²) in [5.41, 5.74) is 8.20. The maximum absolute atomic E-state index is 12.2. The lowest BCUT2D eigenvalue weighted by molar-refractivity contribution is -0.123. The zero-order valence-corrected chi connectivity index (χ0v) is 14.6. The Morgan fingerprint density at radius 1 is 1.21 bits per heavy atom. The number of esters is 1. The second-order valence-corrected chi connectivity index (χ2v) is 6.16. The van der Waals surface area contributed by atoms with Gasteiger partial charge in [0.1, 0.15) is 0 Å². The summed E-state index contributed by atoms with van der Waals surface area (Å²) in [5, 5.41) is 2.78. The molecule has 0 heterocycles. The minimum Gasteiger partial charge on any atom is -0.449 e. The molecular weight excluding hydrogens is 324 g/mol. The molecule has 2 aromatic rings. The number of nitrogen functional groups attached to an aromatic ring is 1. The Morgan fingerprint density at radius 3 is 2.58 bits per heavy atom. The van der Waals surface area contributed by atoms with Crippen molar-refractivity contribution in [1.82, 2.24) is 0 Å². The van der Waals surface area contributed by atoms with E-state index >= 15 is 0 Å². The first kappa shape index (κ1) is 17.9. The summed E-state index contributed by atoms with van der Waals surface area (Å²) in [5.74, 6) is -0.965. The third-order valence-electron chi connectivity index (χ3n) is 3.53. The number of amides is 1. The Labute approximate surface area is 145 Å². The number of para-hydroxylation sites is 1. The third kappa shape index (κ3) is 4.29. The number of hydrogen-bond donors (Lipinski definition) is 2. The van der Waals surface area contributed by atoms with Crippen molar-refractivity contribution in [3.05, 3.63) is 53.6 Å². The Kier molecular flexibility index (Phi) is 5.87. The second-order valence-electron chi connectivity index (χ2n) is 5.31. The molecule has 0 fully saturated rings. The van der Waals surface area contributed by atoms with Crippen molar-refractivity contribution in [2.24, 2.45) is 0 Å². The number of ether oxygens (including phenoxy) is 1. The van der Waals surface area contributed by atoms with Crippen LogP contribution < -0.4 is 11.1 Å². The van der Waals surface area contributed by atoms with Crippen molar-refractivity contribution < 1.29 is 14.3 Å². The molecule has 0 saturated heterocycles. The van der Waals surface area contributed by atoms with E-state index in [4.69, 9.17) is 10.5 Å². The lowest BCUT2D eigenvalue weighted by Gasteiger charge is -2.15. The van der Waals surface area contributed by atoms with E-state index in [1.54, 1.807) is 24.3 Å². The molecule has 3 N–H and O–H groups in total. The van der Waals surface area contributed by atoms with E-state index in [-0.39, 0.29) is 5.91 Å². The van der Waals surface area contributed by atoms with Crippen LogP contribution in [0.3, 0.4) is 0 Å². The van der Waals surface area contributed by atoms with E-state index in [9.17, 15) is 9.59 Å². The van der Waals surface area contributed by atoms with Crippen molar-refractivity contribution in [3.8, 4) is 0 Å². The molecule has 0 bridgehead atoms. The molecule has 0 spiro atoms. The van der Waals surface area contributed by atoms with Crippen molar-refractivity contribution in [2.75, 3.05) is 17.3 Å². The fraction of sp³-hybridized carbons (Fsp3) is 0.222. The van der Waals surface area contributed by atoms with Crippen LogP contribution >= 0.6 is 11.8 Å². The minimum atomic E-state index is -0.921. The highest BCUT2D eigenvalue weighted by Crippen LogP contribution is 2.24. The van der Waals surface area contributed by atoms with Crippen LogP contribution in [0.5, 0.6) is 0 Å². The van der Waals surface area contributed by atoms with Crippen LogP contribution in [0.1, 0.15) is 22.8 Å². The topological polar surface area (TPSA) is 81.4 Å². The minimum absolute atomic E-state index is 0.322. The van der Waals surface area contributed by atoms with E-state index in [1.807, 2.05) is 31.4 Å². The zero-order chi connectivity index (χ0) is 17.7. The quantitative estimate of drug-likeness (QED) is 0.493. The first-order valence-electron chi connectivity index (χ1n) is 7.43. The van der Waals surface area contributed by atoms with Crippen molar-refractivity contribution in [3.63, 3.8) is 0 Å². The molecule has 0 unspecified atom stereocenters. The van der Waals surface area contributed by atoms with Crippen LogP contribution in [0.4, 0.5) is 11.4 Å². The van der Waals surface area contributed by atoms with Crippen LogP contribution in [-0.2, 0) is 9.53 Å². The Hall–Kier alpha value is -2.47.